The second-order valence-electron chi connectivity index (χ2n) is 9.93. The predicted octanol–water partition coefficient (Wildman–Crippen LogP) is 0.209. The van der Waals surface area contributed by atoms with Gasteiger partial charge in [0.2, 0.25) is 0 Å². The third-order valence-corrected chi connectivity index (χ3v) is 7.23. The van der Waals surface area contributed by atoms with Crippen LogP contribution in [-0.4, -0.2) is 65.3 Å². The zero-order valence-corrected chi connectivity index (χ0v) is 21.4. The molecule has 2 saturated heterocycles. The Kier molecular flexibility index (Phi) is 9.29. The van der Waals surface area contributed by atoms with Gasteiger partial charge in [0.15, 0.2) is 0 Å². The second kappa shape index (κ2) is 12.0. The van der Waals surface area contributed by atoms with E-state index in [4.69, 9.17) is 18.9 Å². The summed E-state index contributed by atoms with van der Waals surface area (Å²) in [6.45, 7) is 6.79. The molecule has 12 heteroatoms. The van der Waals surface area contributed by atoms with Gasteiger partial charge in [0, 0.05) is 33.0 Å². The quantitative estimate of drug-likeness (QED) is 0.321. The third kappa shape index (κ3) is 6.33. The van der Waals surface area contributed by atoms with Gasteiger partial charge >= 0.3 is 29.0 Å². The normalized spacial score (nSPS) is 17.6. The van der Waals surface area contributed by atoms with Crippen molar-refractivity contribution in [3.8, 4) is 0 Å². The first-order valence-corrected chi connectivity index (χ1v) is 12.5. The Morgan fingerprint density at radius 2 is 1.14 bits per heavy atom. The van der Waals surface area contributed by atoms with Crippen molar-refractivity contribution in [2.45, 2.75) is 65.5 Å². The summed E-state index contributed by atoms with van der Waals surface area (Å²) in [5.41, 5.74) is -2.50. The summed E-state index contributed by atoms with van der Waals surface area (Å²) in [6, 6.07) is 0. The Morgan fingerprint density at radius 3 is 1.44 bits per heavy atom. The average Bonchev–Trinajstić information content (AvgIpc) is 2.81. The van der Waals surface area contributed by atoms with Crippen LogP contribution in [0.25, 0.3) is 0 Å². The van der Waals surface area contributed by atoms with Gasteiger partial charge in [0.05, 0.1) is 37.3 Å². The van der Waals surface area contributed by atoms with E-state index in [-0.39, 0.29) is 62.8 Å². The summed E-state index contributed by atoms with van der Waals surface area (Å²) < 4.78 is 23.8. The van der Waals surface area contributed by atoms with Crippen LogP contribution in [0.2, 0.25) is 0 Å². The molecule has 2 aliphatic rings. The molecular formula is C24H37N3O9. The SMILES string of the molecule is CCC1(COC(=O)CCCn2c(=O)n(C)c(=O)n(CCCC(=O)OCC3(CC)COC3)c2=O)COC1. The molecule has 2 fully saturated rings. The lowest BCUT2D eigenvalue weighted by Gasteiger charge is -2.39. The van der Waals surface area contributed by atoms with E-state index >= 15 is 0 Å². The summed E-state index contributed by atoms with van der Waals surface area (Å²) in [5, 5.41) is 0. The maximum Gasteiger partial charge on any atom is 0.336 e. The first-order valence-electron chi connectivity index (χ1n) is 12.5. The predicted molar refractivity (Wildman–Crippen MR) is 128 cm³/mol. The van der Waals surface area contributed by atoms with Crippen molar-refractivity contribution < 1.29 is 28.5 Å². The molecular weight excluding hydrogens is 474 g/mol. The number of carbonyl (C=O) groups excluding carboxylic acids is 2. The van der Waals surface area contributed by atoms with Gasteiger partial charge < -0.3 is 18.9 Å². The van der Waals surface area contributed by atoms with Crippen molar-refractivity contribution in [2.24, 2.45) is 17.9 Å². The van der Waals surface area contributed by atoms with Gasteiger partial charge in [-0.15, -0.1) is 0 Å². The number of hydrogen-bond donors (Lipinski definition) is 0. The maximum absolute atomic E-state index is 12.9. The molecule has 0 unspecified atom stereocenters. The molecule has 1 aromatic rings. The van der Waals surface area contributed by atoms with Crippen LogP contribution >= 0.6 is 0 Å². The average molecular weight is 512 g/mol. The minimum atomic E-state index is -0.766. The van der Waals surface area contributed by atoms with Crippen LogP contribution in [-0.2, 0) is 48.7 Å². The first-order chi connectivity index (χ1) is 17.2. The molecule has 0 N–H and O–H groups in total. The van der Waals surface area contributed by atoms with Crippen LogP contribution in [0.4, 0.5) is 0 Å². The van der Waals surface area contributed by atoms with Gasteiger partial charge in [0.25, 0.3) is 0 Å². The zero-order chi connectivity index (χ0) is 26.3. The van der Waals surface area contributed by atoms with Crippen molar-refractivity contribution >= 4 is 11.9 Å². The van der Waals surface area contributed by atoms with E-state index in [0.29, 0.717) is 26.4 Å². The molecule has 202 valence electrons. The summed E-state index contributed by atoms with van der Waals surface area (Å²) in [5.74, 6) is -0.825. The van der Waals surface area contributed by atoms with Gasteiger partial charge in [-0.3, -0.25) is 9.59 Å². The smallest absolute Gasteiger partial charge is 0.336 e. The van der Waals surface area contributed by atoms with E-state index in [2.05, 4.69) is 0 Å². The van der Waals surface area contributed by atoms with E-state index in [1.54, 1.807) is 0 Å². The highest BCUT2D eigenvalue weighted by Gasteiger charge is 2.39. The Hall–Kier alpha value is -2.73. The number of ether oxygens (including phenoxy) is 4. The molecule has 2 aliphatic heterocycles. The van der Waals surface area contributed by atoms with Crippen LogP contribution in [0, 0.1) is 10.8 Å². The maximum atomic E-state index is 12.9. The van der Waals surface area contributed by atoms with Crippen molar-refractivity contribution in [2.75, 3.05) is 39.6 Å². The molecule has 0 saturated carbocycles. The molecule has 3 heterocycles. The lowest BCUT2D eigenvalue weighted by molar-refractivity contribution is -0.171. The van der Waals surface area contributed by atoms with Gasteiger partial charge in [-0.2, -0.15) is 0 Å². The number of esters is 2. The fourth-order valence-corrected chi connectivity index (χ4v) is 4.07. The van der Waals surface area contributed by atoms with Gasteiger partial charge in [0.1, 0.15) is 13.2 Å². The molecule has 12 nitrogen and oxygen atoms in total. The van der Waals surface area contributed by atoms with Crippen LogP contribution in [0.1, 0.15) is 52.4 Å². The molecule has 1 aromatic heterocycles. The van der Waals surface area contributed by atoms with Crippen molar-refractivity contribution in [3.63, 3.8) is 0 Å². The molecule has 0 aromatic carbocycles. The molecule has 0 spiro atoms. The first kappa shape index (κ1) is 27.9. The van der Waals surface area contributed by atoms with E-state index in [1.807, 2.05) is 13.8 Å². The minimum absolute atomic E-state index is 0.0332. The summed E-state index contributed by atoms with van der Waals surface area (Å²) in [7, 11) is 1.29. The van der Waals surface area contributed by atoms with Crippen molar-refractivity contribution in [1.29, 1.82) is 0 Å². The monoisotopic (exact) mass is 511 g/mol. The number of nitrogens with zero attached hydrogens (tertiary/aromatic N) is 3. The standard InChI is InChI=1S/C24H37N3O9/c1-4-23(12-33-13-23)16-35-18(28)8-6-10-26-20(30)25(3)21(31)27(22(26)32)11-7-9-19(29)36-17-24(5-2)14-34-15-24/h4-17H2,1-3H3. The summed E-state index contributed by atoms with van der Waals surface area (Å²) in [4.78, 5) is 62.1. The van der Waals surface area contributed by atoms with Crippen LogP contribution in [0.3, 0.4) is 0 Å². The minimum Gasteiger partial charge on any atom is -0.465 e. The lowest BCUT2D eigenvalue weighted by Crippen LogP contribution is -2.53. The van der Waals surface area contributed by atoms with Crippen molar-refractivity contribution in [3.05, 3.63) is 31.5 Å². The van der Waals surface area contributed by atoms with Gasteiger partial charge in [-0.05, 0) is 25.7 Å². The highest BCUT2D eigenvalue weighted by atomic mass is 16.6. The summed E-state index contributed by atoms with van der Waals surface area (Å²) in [6.07, 6.45) is 2.17. The van der Waals surface area contributed by atoms with Crippen LogP contribution in [0.5, 0.6) is 0 Å². The molecule has 0 radical (unpaired) electrons. The Morgan fingerprint density at radius 1 is 0.750 bits per heavy atom. The number of carbonyl (C=O) groups is 2. The van der Waals surface area contributed by atoms with Gasteiger partial charge in [-0.1, -0.05) is 13.8 Å². The van der Waals surface area contributed by atoms with E-state index in [9.17, 15) is 24.0 Å². The van der Waals surface area contributed by atoms with Crippen LogP contribution < -0.4 is 17.1 Å². The van der Waals surface area contributed by atoms with E-state index in [0.717, 1.165) is 26.5 Å². The molecule has 0 atom stereocenters. The highest BCUT2D eigenvalue weighted by Crippen LogP contribution is 2.32. The number of rotatable bonds is 14. The lowest BCUT2D eigenvalue weighted by atomic mass is 9.84. The molecule has 36 heavy (non-hydrogen) atoms. The third-order valence-electron chi connectivity index (χ3n) is 7.23. The molecule has 0 amide bonds. The Labute approximate surface area is 209 Å². The second-order valence-corrected chi connectivity index (χ2v) is 9.93. The van der Waals surface area contributed by atoms with E-state index in [1.165, 1.54) is 7.05 Å². The topological polar surface area (TPSA) is 137 Å². The fourth-order valence-electron chi connectivity index (χ4n) is 4.07. The fraction of sp³-hybridized carbons (Fsp3) is 0.792. The number of aromatic nitrogens is 3. The largest absolute Gasteiger partial charge is 0.465 e. The van der Waals surface area contributed by atoms with E-state index < -0.39 is 29.0 Å². The Bertz CT molecular complexity index is 1020. The summed E-state index contributed by atoms with van der Waals surface area (Å²) >= 11 is 0. The highest BCUT2D eigenvalue weighted by molar-refractivity contribution is 5.69. The molecule has 0 aliphatic carbocycles. The zero-order valence-electron chi connectivity index (χ0n) is 21.4. The van der Waals surface area contributed by atoms with Crippen molar-refractivity contribution in [1.82, 2.24) is 13.7 Å². The van der Waals surface area contributed by atoms with Crippen LogP contribution in [0.15, 0.2) is 14.4 Å². The molecule has 0 bridgehead atoms. The molecule has 3 rings (SSSR count). The Balaban J connectivity index is 1.51. The van der Waals surface area contributed by atoms with Gasteiger partial charge in [-0.25, -0.2) is 28.1 Å². The number of hydrogen-bond acceptors (Lipinski definition) is 9.